The molecule has 152 valence electrons. The number of thioether (sulfide) groups is 1. The van der Waals surface area contributed by atoms with Crippen molar-refractivity contribution < 1.29 is 14.3 Å². The summed E-state index contributed by atoms with van der Waals surface area (Å²) >= 11 is 1.55. The van der Waals surface area contributed by atoms with Crippen LogP contribution in [0.1, 0.15) is 29.1 Å². The summed E-state index contributed by atoms with van der Waals surface area (Å²) in [5.41, 5.74) is 0.617. The van der Waals surface area contributed by atoms with Crippen LogP contribution in [0.15, 0.2) is 59.8 Å². The molecule has 0 saturated carbocycles. The number of hydrogen-bond acceptors (Lipinski definition) is 6. The van der Waals surface area contributed by atoms with E-state index in [1.54, 1.807) is 31.0 Å². The zero-order chi connectivity index (χ0) is 20.6. The maximum Gasteiger partial charge on any atom is 0.251 e. The summed E-state index contributed by atoms with van der Waals surface area (Å²) in [7, 11) is 3.53. The Hall–Kier alpha value is -3.00. The quantitative estimate of drug-likeness (QED) is 0.428. The summed E-state index contributed by atoms with van der Waals surface area (Å²) in [5.74, 6) is 2.88. The second-order valence-corrected chi connectivity index (χ2v) is 7.40. The third kappa shape index (κ3) is 5.51. The van der Waals surface area contributed by atoms with Gasteiger partial charge < -0.3 is 19.4 Å². The number of nitrogens with zero attached hydrogens (tertiary/aromatic N) is 3. The standard InChI is InChI=1S/C21H24N4O3S/c1-15(22-20(26)16-7-5-4-6-8-16)19-23-24-21(25(19)2)29-14-13-28-18-11-9-17(27-3)10-12-18/h4-12,15H,13-14H2,1-3H3,(H,22,26)/t15-/m0/s1. The van der Waals surface area contributed by atoms with Gasteiger partial charge in [0.2, 0.25) is 0 Å². The first-order valence-corrected chi connectivity index (χ1v) is 10.2. The molecule has 0 bridgehead atoms. The van der Waals surface area contributed by atoms with Gasteiger partial charge in [0.1, 0.15) is 11.5 Å². The van der Waals surface area contributed by atoms with Crippen LogP contribution in [0.3, 0.4) is 0 Å². The van der Waals surface area contributed by atoms with Crippen molar-refractivity contribution in [3.8, 4) is 11.5 Å². The smallest absolute Gasteiger partial charge is 0.251 e. The van der Waals surface area contributed by atoms with Gasteiger partial charge in [-0.2, -0.15) is 0 Å². The molecule has 0 radical (unpaired) electrons. The highest BCUT2D eigenvalue weighted by Gasteiger charge is 2.18. The van der Waals surface area contributed by atoms with E-state index in [0.717, 1.165) is 22.4 Å². The van der Waals surface area contributed by atoms with E-state index in [1.165, 1.54) is 0 Å². The number of aromatic nitrogens is 3. The largest absolute Gasteiger partial charge is 0.497 e. The molecule has 1 N–H and O–H groups in total. The van der Waals surface area contributed by atoms with Crippen LogP contribution in [0.25, 0.3) is 0 Å². The molecule has 0 unspecified atom stereocenters. The molecular weight excluding hydrogens is 388 g/mol. The Morgan fingerprint density at radius 3 is 2.48 bits per heavy atom. The van der Waals surface area contributed by atoms with Gasteiger partial charge in [0.25, 0.3) is 5.91 Å². The molecule has 0 aliphatic rings. The number of rotatable bonds is 9. The fraction of sp³-hybridized carbons (Fsp3) is 0.286. The summed E-state index contributed by atoms with van der Waals surface area (Å²) in [6.07, 6.45) is 0. The van der Waals surface area contributed by atoms with Crippen LogP contribution in [-0.2, 0) is 7.05 Å². The minimum Gasteiger partial charge on any atom is -0.497 e. The van der Waals surface area contributed by atoms with Crippen molar-refractivity contribution in [1.29, 1.82) is 0 Å². The molecule has 2 aromatic carbocycles. The van der Waals surface area contributed by atoms with Crippen molar-refractivity contribution in [2.75, 3.05) is 19.5 Å². The average molecular weight is 413 g/mol. The monoisotopic (exact) mass is 412 g/mol. The fourth-order valence-corrected chi connectivity index (χ4v) is 3.46. The zero-order valence-corrected chi connectivity index (χ0v) is 17.5. The van der Waals surface area contributed by atoms with Gasteiger partial charge in [0.05, 0.1) is 19.8 Å². The van der Waals surface area contributed by atoms with E-state index in [-0.39, 0.29) is 11.9 Å². The summed E-state index contributed by atoms with van der Waals surface area (Å²) in [6, 6.07) is 16.3. The van der Waals surface area contributed by atoms with E-state index in [9.17, 15) is 4.79 Å². The van der Waals surface area contributed by atoms with E-state index in [2.05, 4.69) is 15.5 Å². The van der Waals surface area contributed by atoms with Crippen molar-refractivity contribution in [2.24, 2.45) is 7.05 Å². The third-order valence-electron chi connectivity index (χ3n) is 4.28. The summed E-state index contributed by atoms with van der Waals surface area (Å²) in [4.78, 5) is 12.3. The lowest BCUT2D eigenvalue weighted by Gasteiger charge is -2.13. The van der Waals surface area contributed by atoms with Crippen molar-refractivity contribution in [3.63, 3.8) is 0 Å². The molecule has 7 nitrogen and oxygen atoms in total. The molecule has 0 saturated heterocycles. The molecular formula is C21H24N4O3S. The summed E-state index contributed by atoms with van der Waals surface area (Å²) in [6.45, 7) is 2.44. The Kier molecular flexibility index (Phi) is 7.13. The number of nitrogens with one attached hydrogen (secondary N) is 1. The van der Waals surface area contributed by atoms with Gasteiger partial charge in [-0.1, -0.05) is 30.0 Å². The highest BCUT2D eigenvalue weighted by atomic mass is 32.2. The molecule has 3 rings (SSSR count). The van der Waals surface area contributed by atoms with Gasteiger partial charge in [-0.05, 0) is 43.3 Å². The lowest BCUT2D eigenvalue weighted by Crippen LogP contribution is -2.28. The number of amides is 1. The highest BCUT2D eigenvalue weighted by Crippen LogP contribution is 2.21. The van der Waals surface area contributed by atoms with Crippen LogP contribution in [-0.4, -0.2) is 40.1 Å². The first-order valence-electron chi connectivity index (χ1n) is 9.23. The lowest BCUT2D eigenvalue weighted by molar-refractivity contribution is 0.0937. The van der Waals surface area contributed by atoms with Crippen LogP contribution < -0.4 is 14.8 Å². The van der Waals surface area contributed by atoms with E-state index in [4.69, 9.17) is 9.47 Å². The maximum atomic E-state index is 12.3. The van der Waals surface area contributed by atoms with Crippen LogP contribution >= 0.6 is 11.8 Å². The number of methoxy groups -OCH3 is 1. The van der Waals surface area contributed by atoms with Crippen molar-refractivity contribution >= 4 is 17.7 Å². The topological polar surface area (TPSA) is 78.3 Å². The summed E-state index contributed by atoms with van der Waals surface area (Å²) in [5, 5.41) is 12.2. The van der Waals surface area contributed by atoms with Gasteiger partial charge in [0, 0.05) is 18.4 Å². The second-order valence-electron chi connectivity index (χ2n) is 6.33. The predicted molar refractivity (Wildman–Crippen MR) is 113 cm³/mol. The van der Waals surface area contributed by atoms with Crippen LogP contribution in [0, 0.1) is 0 Å². The van der Waals surface area contributed by atoms with Gasteiger partial charge in [-0.25, -0.2) is 0 Å². The van der Waals surface area contributed by atoms with Crippen LogP contribution in [0.5, 0.6) is 11.5 Å². The Morgan fingerprint density at radius 1 is 1.10 bits per heavy atom. The van der Waals surface area contributed by atoms with Crippen molar-refractivity contribution in [1.82, 2.24) is 20.1 Å². The van der Waals surface area contributed by atoms with Gasteiger partial charge >= 0.3 is 0 Å². The fourth-order valence-electron chi connectivity index (χ4n) is 2.73. The maximum absolute atomic E-state index is 12.3. The first-order chi connectivity index (χ1) is 14.1. The zero-order valence-electron chi connectivity index (χ0n) is 16.7. The molecule has 29 heavy (non-hydrogen) atoms. The number of benzene rings is 2. The number of carbonyl (C=O) groups excluding carboxylic acids is 1. The van der Waals surface area contributed by atoms with Gasteiger partial charge in [0.15, 0.2) is 11.0 Å². The van der Waals surface area contributed by atoms with Crippen molar-refractivity contribution in [3.05, 3.63) is 66.0 Å². The molecule has 1 amide bonds. The number of carbonyl (C=O) groups is 1. The average Bonchev–Trinajstić information content (AvgIpc) is 3.12. The first kappa shape index (κ1) is 20.7. The Labute approximate surface area is 174 Å². The molecule has 1 aromatic heterocycles. The highest BCUT2D eigenvalue weighted by molar-refractivity contribution is 7.99. The van der Waals surface area contributed by atoms with E-state index >= 15 is 0 Å². The number of ether oxygens (including phenoxy) is 2. The molecule has 0 spiro atoms. The Morgan fingerprint density at radius 2 is 1.79 bits per heavy atom. The molecule has 8 heteroatoms. The predicted octanol–water partition coefficient (Wildman–Crippen LogP) is 3.49. The normalized spacial score (nSPS) is 11.7. The molecule has 0 aliphatic heterocycles. The Balaban J connectivity index is 1.50. The van der Waals surface area contributed by atoms with Crippen LogP contribution in [0.4, 0.5) is 0 Å². The number of hydrogen-bond donors (Lipinski definition) is 1. The van der Waals surface area contributed by atoms with E-state index < -0.39 is 0 Å². The lowest BCUT2D eigenvalue weighted by atomic mass is 10.2. The van der Waals surface area contributed by atoms with Gasteiger partial charge in [-0.3, -0.25) is 4.79 Å². The molecule has 0 aliphatic carbocycles. The molecule has 3 aromatic rings. The SMILES string of the molecule is COc1ccc(OCCSc2nnc([C@H](C)NC(=O)c3ccccc3)n2C)cc1. The molecule has 0 fully saturated rings. The second kappa shape index (κ2) is 9.97. The van der Waals surface area contributed by atoms with Crippen molar-refractivity contribution in [2.45, 2.75) is 18.1 Å². The van der Waals surface area contributed by atoms with Crippen LogP contribution in [0.2, 0.25) is 0 Å². The van der Waals surface area contributed by atoms with E-state index in [1.807, 2.05) is 61.0 Å². The summed E-state index contributed by atoms with van der Waals surface area (Å²) < 4.78 is 12.8. The Bertz CT molecular complexity index is 929. The minimum absolute atomic E-state index is 0.136. The molecule has 1 atom stereocenters. The van der Waals surface area contributed by atoms with Gasteiger partial charge in [-0.15, -0.1) is 10.2 Å². The molecule has 1 heterocycles. The third-order valence-corrected chi connectivity index (χ3v) is 5.27. The minimum atomic E-state index is -0.259. The van der Waals surface area contributed by atoms with E-state index in [0.29, 0.717) is 18.0 Å².